The minimum Gasteiger partial charge on any atom is -0.438 e. The van der Waals surface area contributed by atoms with Crippen LogP contribution >= 0.6 is 0 Å². The predicted octanol–water partition coefficient (Wildman–Crippen LogP) is 4.36. The maximum Gasteiger partial charge on any atom is 0.319 e. The van der Waals surface area contributed by atoms with E-state index in [1.54, 1.807) is 37.4 Å². The number of nitrogens with zero attached hydrogens (tertiary/aromatic N) is 1. The number of nitrogens with one attached hydrogen (secondary N) is 2. The Hall–Kier alpha value is -3.15. The molecule has 3 rings (SSSR count). The lowest BCUT2D eigenvalue weighted by atomic mass is 10.2. The fraction of sp³-hybridized carbons (Fsp3) is 0.111. The summed E-state index contributed by atoms with van der Waals surface area (Å²) < 4.78 is 18.6. The molecule has 24 heavy (non-hydrogen) atoms. The van der Waals surface area contributed by atoms with Gasteiger partial charge in [0.15, 0.2) is 5.76 Å². The van der Waals surface area contributed by atoms with Gasteiger partial charge in [-0.15, -0.1) is 0 Å². The molecule has 0 aliphatic heterocycles. The van der Waals surface area contributed by atoms with Crippen molar-refractivity contribution in [2.75, 3.05) is 5.32 Å². The van der Waals surface area contributed by atoms with E-state index in [4.69, 9.17) is 4.42 Å². The van der Waals surface area contributed by atoms with Gasteiger partial charge in [-0.1, -0.05) is 18.2 Å². The third-order valence-corrected chi connectivity index (χ3v) is 3.40. The molecule has 0 saturated heterocycles. The average Bonchev–Trinajstić information content (AvgIpc) is 3.06. The van der Waals surface area contributed by atoms with Crippen molar-refractivity contribution in [1.82, 2.24) is 10.3 Å². The van der Waals surface area contributed by atoms with E-state index in [9.17, 15) is 9.18 Å². The molecule has 2 N–H and O–H groups in total. The molecule has 1 atom stereocenters. The van der Waals surface area contributed by atoms with Gasteiger partial charge >= 0.3 is 6.03 Å². The number of hydrogen-bond donors (Lipinski definition) is 2. The number of carbonyl (C=O) groups excluding carboxylic acids is 1. The van der Waals surface area contributed by atoms with Crippen LogP contribution in [0.25, 0.3) is 11.3 Å². The van der Waals surface area contributed by atoms with Crippen LogP contribution in [0.2, 0.25) is 0 Å². The fourth-order valence-corrected chi connectivity index (χ4v) is 2.18. The number of amides is 2. The maximum absolute atomic E-state index is 13.0. The van der Waals surface area contributed by atoms with Gasteiger partial charge in [0.25, 0.3) is 0 Å². The summed E-state index contributed by atoms with van der Waals surface area (Å²) in [5, 5.41) is 5.48. The molecule has 3 aromatic rings. The summed E-state index contributed by atoms with van der Waals surface area (Å²) in [5.41, 5.74) is 1.41. The molecule has 0 fully saturated rings. The van der Waals surface area contributed by atoms with Crippen molar-refractivity contribution in [3.05, 3.63) is 72.5 Å². The first kappa shape index (κ1) is 15.7. The molecule has 0 aliphatic carbocycles. The second-order valence-corrected chi connectivity index (χ2v) is 5.26. The van der Waals surface area contributed by atoms with E-state index >= 15 is 0 Å². The van der Waals surface area contributed by atoms with E-state index in [1.165, 1.54) is 12.1 Å². The van der Waals surface area contributed by atoms with Crippen molar-refractivity contribution in [2.24, 2.45) is 0 Å². The first-order chi connectivity index (χ1) is 11.6. The lowest BCUT2D eigenvalue weighted by molar-refractivity contribution is 0.247. The van der Waals surface area contributed by atoms with Crippen LogP contribution in [0.1, 0.15) is 18.9 Å². The van der Waals surface area contributed by atoms with Crippen LogP contribution in [0.15, 0.2) is 65.2 Å². The van der Waals surface area contributed by atoms with E-state index in [-0.39, 0.29) is 11.8 Å². The standard InChI is InChI=1S/C18H16FN3O2/c1-12(21-18(23)22-15-5-3-2-4-6-15)17-20-11-16(24-17)13-7-9-14(19)10-8-13/h2-12H,1H3,(H2,21,22,23). The van der Waals surface area contributed by atoms with E-state index in [0.717, 1.165) is 5.56 Å². The predicted molar refractivity (Wildman–Crippen MR) is 88.9 cm³/mol. The topological polar surface area (TPSA) is 67.2 Å². The molecule has 0 spiro atoms. The van der Waals surface area contributed by atoms with Gasteiger partial charge in [-0.3, -0.25) is 0 Å². The Morgan fingerprint density at radius 1 is 1.12 bits per heavy atom. The summed E-state index contributed by atoms with van der Waals surface area (Å²) in [5.74, 6) is 0.575. The molecular weight excluding hydrogens is 309 g/mol. The minimum absolute atomic E-state index is 0.314. The summed E-state index contributed by atoms with van der Waals surface area (Å²) in [6.45, 7) is 1.77. The van der Waals surface area contributed by atoms with Crippen LogP contribution in [-0.4, -0.2) is 11.0 Å². The Bertz CT molecular complexity index is 816. The van der Waals surface area contributed by atoms with Crippen molar-refractivity contribution < 1.29 is 13.6 Å². The van der Waals surface area contributed by atoms with Gasteiger partial charge in [0.2, 0.25) is 5.89 Å². The molecule has 0 aliphatic rings. The molecule has 1 aromatic heterocycles. The van der Waals surface area contributed by atoms with Crippen LogP contribution in [0.3, 0.4) is 0 Å². The average molecular weight is 325 g/mol. The van der Waals surface area contributed by atoms with E-state index in [2.05, 4.69) is 15.6 Å². The normalized spacial score (nSPS) is 11.8. The number of oxazole rings is 1. The van der Waals surface area contributed by atoms with Gasteiger partial charge in [0.1, 0.15) is 11.9 Å². The van der Waals surface area contributed by atoms with Gasteiger partial charge < -0.3 is 15.1 Å². The largest absolute Gasteiger partial charge is 0.438 e. The second kappa shape index (κ2) is 6.95. The Morgan fingerprint density at radius 2 is 1.83 bits per heavy atom. The Morgan fingerprint density at radius 3 is 2.54 bits per heavy atom. The second-order valence-electron chi connectivity index (χ2n) is 5.26. The molecule has 122 valence electrons. The number of halogens is 1. The lowest BCUT2D eigenvalue weighted by Crippen LogP contribution is -2.31. The summed E-state index contributed by atoms with van der Waals surface area (Å²) in [6, 6.07) is 14.3. The third-order valence-electron chi connectivity index (χ3n) is 3.40. The molecular formula is C18H16FN3O2. The summed E-state index contributed by atoms with van der Waals surface area (Å²) in [4.78, 5) is 16.1. The number of benzene rings is 2. The van der Waals surface area contributed by atoms with Crippen molar-refractivity contribution in [1.29, 1.82) is 0 Å². The van der Waals surface area contributed by atoms with Gasteiger partial charge in [-0.2, -0.15) is 0 Å². The fourth-order valence-electron chi connectivity index (χ4n) is 2.18. The number of urea groups is 1. The molecule has 0 saturated carbocycles. The van der Waals surface area contributed by atoms with E-state index in [0.29, 0.717) is 17.3 Å². The Balaban J connectivity index is 1.64. The number of para-hydroxylation sites is 1. The van der Waals surface area contributed by atoms with Gasteiger partial charge in [-0.25, -0.2) is 14.2 Å². The minimum atomic E-state index is -0.414. The Kier molecular flexibility index (Phi) is 4.56. The Labute approximate surface area is 138 Å². The van der Waals surface area contributed by atoms with Crippen molar-refractivity contribution >= 4 is 11.7 Å². The van der Waals surface area contributed by atoms with Gasteiger partial charge in [0, 0.05) is 11.3 Å². The zero-order valence-electron chi connectivity index (χ0n) is 13.0. The highest BCUT2D eigenvalue weighted by molar-refractivity contribution is 5.89. The molecule has 1 heterocycles. The lowest BCUT2D eigenvalue weighted by Gasteiger charge is -2.11. The summed E-state index contributed by atoms with van der Waals surface area (Å²) in [6.07, 6.45) is 1.55. The zero-order valence-corrected chi connectivity index (χ0v) is 13.0. The number of hydrogen-bond acceptors (Lipinski definition) is 3. The summed E-state index contributed by atoms with van der Waals surface area (Å²) in [7, 11) is 0. The molecule has 0 bridgehead atoms. The van der Waals surface area contributed by atoms with Gasteiger partial charge in [-0.05, 0) is 43.3 Å². The molecule has 0 radical (unpaired) electrons. The maximum atomic E-state index is 13.0. The van der Waals surface area contributed by atoms with Crippen molar-refractivity contribution in [3.8, 4) is 11.3 Å². The molecule has 6 heteroatoms. The number of rotatable bonds is 4. The van der Waals surface area contributed by atoms with E-state index < -0.39 is 6.04 Å². The summed E-state index contributed by atoms with van der Waals surface area (Å²) >= 11 is 0. The van der Waals surface area contributed by atoms with Crippen LogP contribution in [-0.2, 0) is 0 Å². The smallest absolute Gasteiger partial charge is 0.319 e. The first-order valence-corrected chi connectivity index (χ1v) is 7.46. The first-order valence-electron chi connectivity index (χ1n) is 7.46. The zero-order chi connectivity index (χ0) is 16.9. The van der Waals surface area contributed by atoms with Crippen LogP contribution in [0.4, 0.5) is 14.9 Å². The van der Waals surface area contributed by atoms with Crippen molar-refractivity contribution in [2.45, 2.75) is 13.0 Å². The quantitative estimate of drug-likeness (QED) is 0.749. The van der Waals surface area contributed by atoms with E-state index in [1.807, 2.05) is 18.2 Å². The monoisotopic (exact) mass is 325 g/mol. The molecule has 5 nitrogen and oxygen atoms in total. The SMILES string of the molecule is CC(NC(=O)Nc1ccccc1)c1ncc(-c2ccc(F)cc2)o1. The van der Waals surface area contributed by atoms with Crippen molar-refractivity contribution in [3.63, 3.8) is 0 Å². The highest BCUT2D eigenvalue weighted by atomic mass is 19.1. The highest BCUT2D eigenvalue weighted by Gasteiger charge is 2.16. The third kappa shape index (κ3) is 3.78. The van der Waals surface area contributed by atoms with Crippen LogP contribution in [0.5, 0.6) is 0 Å². The van der Waals surface area contributed by atoms with Gasteiger partial charge in [0.05, 0.1) is 6.20 Å². The number of carbonyl (C=O) groups is 1. The van der Waals surface area contributed by atoms with Crippen LogP contribution in [0, 0.1) is 5.82 Å². The number of anilines is 1. The molecule has 2 aromatic carbocycles. The highest BCUT2D eigenvalue weighted by Crippen LogP contribution is 2.23. The number of aromatic nitrogens is 1. The molecule has 2 amide bonds. The molecule has 1 unspecified atom stereocenters. The van der Waals surface area contributed by atoms with Crippen LogP contribution < -0.4 is 10.6 Å².